The minimum atomic E-state index is -0.00526. The topological polar surface area (TPSA) is 43.9 Å². The van der Waals surface area contributed by atoms with Gasteiger partial charge in [0.25, 0.3) is 0 Å². The molecular weight excluding hydrogens is 274 g/mol. The summed E-state index contributed by atoms with van der Waals surface area (Å²) < 4.78 is 7.81. The van der Waals surface area contributed by atoms with E-state index >= 15 is 0 Å². The first-order valence-corrected chi connectivity index (χ1v) is 7.18. The molecule has 3 aromatic rings. The van der Waals surface area contributed by atoms with Gasteiger partial charge in [-0.05, 0) is 26.0 Å². The Hall–Kier alpha value is -1.81. The molecule has 1 unspecified atom stereocenters. The largest absolute Gasteiger partial charge is 0.444 e. The lowest BCUT2D eigenvalue weighted by Gasteiger charge is -2.14. The van der Waals surface area contributed by atoms with Gasteiger partial charge in [0.1, 0.15) is 17.6 Å². The minimum absolute atomic E-state index is 0.00526. The van der Waals surface area contributed by atoms with Crippen LogP contribution in [-0.2, 0) is 6.42 Å². The van der Waals surface area contributed by atoms with Crippen LogP contribution in [0.3, 0.4) is 0 Å². The Bertz CT molecular complexity index is 732. The molecule has 0 saturated carbocycles. The highest BCUT2D eigenvalue weighted by molar-refractivity contribution is 6.17. The molecule has 0 bridgehead atoms. The highest BCUT2D eigenvalue weighted by atomic mass is 35.5. The molecule has 20 heavy (non-hydrogen) atoms. The second-order valence-corrected chi connectivity index (χ2v) is 5.19. The number of nitrogens with zero attached hydrogens (tertiary/aromatic N) is 3. The number of imidazole rings is 1. The second kappa shape index (κ2) is 5.29. The van der Waals surface area contributed by atoms with Gasteiger partial charge >= 0.3 is 0 Å². The zero-order valence-corrected chi connectivity index (χ0v) is 12.3. The van der Waals surface area contributed by atoms with E-state index in [4.69, 9.17) is 16.0 Å². The zero-order valence-electron chi connectivity index (χ0n) is 11.5. The number of halogens is 1. The van der Waals surface area contributed by atoms with Crippen LogP contribution < -0.4 is 0 Å². The first kappa shape index (κ1) is 13.2. The number of hydrogen-bond acceptors (Lipinski definition) is 3. The van der Waals surface area contributed by atoms with Gasteiger partial charge in [0.2, 0.25) is 5.89 Å². The van der Waals surface area contributed by atoms with Gasteiger partial charge in [0.15, 0.2) is 0 Å². The number of fused-ring (bicyclic) bond motifs is 1. The Labute approximate surface area is 122 Å². The van der Waals surface area contributed by atoms with E-state index in [0.29, 0.717) is 11.8 Å². The summed E-state index contributed by atoms with van der Waals surface area (Å²) in [5.41, 5.74) is 2.05. The van der Waals surface area contributed by atoms with Crippen molar-refractivity contribution in [3.63, 3.8) is 0 Å². The normalized spacial score (nSPS) is 12.9. The SMILES string of the molecule is Cc1cnc(C(C)n2c(CCCl)nc3ccccc32)o1. The Morgan fingerprint density at radius 3 is 2.85 bits per heavy atom. The summed E-state index contributed by atoms with van der Waals surface area (Å²) in [5, 5.41) is 0. The van der Waals surface area contributed by atoms with E-state index in [1.807, 2.05) is 25.1 Å². The zero-order chi connectivity index (χ0) is 14.1. The maximum atomic E-state index is 5.90. The number of rotatable bonds is 4. The molecule has 0 amide bonds. The van der Waals surface area contributed by atoms with Gasteiger partial charge in [0.05, 0.1) is 17.2 Å². The smallest absolute Gasteiger partial charge is 0.217 e. The number of oxazole rings is 1. The maximum Gasteiger partial charge on any atom is 0.217 e. The molecule has 0 N–H and O–H groups in total. The quantitative estimate of drug-likeness (QED) is 0.688. The van der Waals surface area contributed by atoms with Gasteiger partial charge in [-0.1, -0.05) is 12.1 Å². The molecule has 2 aromatic heterocycles. The Morgan fingerprint density at radius 2 is 2.15 bits per heavy atom. The number of aromatic nitrogens is 3. The van der Waals surface area contributed by atoms with Gasteiger partial charge in [-0.15, -0.1) is 11.6 Å². The molecule has 3 rings (SSSR count). The van der Waals surface area contributed by atoms with E-state index in [0.717, 1.165) is 29.0 Å². The number of para-hydroxylation sites is 2. The summed E-state index contributed by atoms with van der Waals surface area (Å²) in [6.45, 7) is 3.96. The average Bonchev–Trinajstić information content (AvgIpc) is 3.02. The molecule has 1 aromatic carbocycles. The van der Waals surface area contributed by atoms with Crippen LogP contribution in [0.25, 0.3) is 11.0 Å². The van der Waals surface area contributed by atoms with Gasteiger partial charge in [-0.3, -0.25) is 0 Å². The molecule has 0 spiro atoms. The predicted molar refractivity (Wildman–Crippen MR) is 79.2 cm³/mol. The summed E-state index contributed by atoms with van der Waals surface area (Å²) in [4.78, 5) is 9.00. The molecule has 5 heteroatoms. The Balaban J connectivity index is 2.15. The minimum Gasteiger partial charge on any atom is -0.444 e. The third-order valence-corrected chi connectivity index (χ3v) is 3.56. The standard InChI is InChI=1S/C15H16ClN3O/c1-10-9-17-15(20-10)11(2)19-13-6-4-3-5-12(13)18-14(19)7-8-16/h3-6,9,11H,7-8H2,1-2H3. The van der Waals surface area contributed by atoms with E-state index in [1.165, 1.54) is 0 Å². The number of alkyl halides is 1. The van der Waals surface area contributed by atoms with Crippen LogP contribution in [0.4, 0.5) is 0 Å². The van der Waals surface area contributed by atoms with Gasteiger partial charge in [-0.25, -0.2) is 9.97 Å². The molecule has 0 saturated heterocycles. The van der Waals surface area contributed by atoms with E-state index in [1.54, 1.807) is 6.20 Å². The maximum absolute atomic E-state index is 5.90. The molecule has 1 atom stereocenters. The highest BCUT2D eigenvalue weighted by Gasteiger charge is 2.20. The molecule has 2 heterocycles. The van der Waals surface area contributed by atoms with Crippen molar-refractivity contribution < 1.29 is 4.42 Å². The highest BCUT2D eigenvalue weighted by Crippen LogP contribution is 2.26. The monoisotopic (exact) mass is 289 g/mol. The summed E-state index contributed by atoms with van der Waals surface area (Å²) in [7, 11) is 0. The lowest BCUT2D eigenvalue weighted by atomic mass is 10.2. The Morgan fingerprint density at radius 1 is 1.35 bits per heavy atom. The van der Waals surface area contributed by atoms with E-state index in [2.05, 4.69) is 27.5 Å². The molecular formula is C15H16ClN3O. The van der Waals surface area contributed by atoms with Crippen molar-refractivity contribution in [2.75, 3.05) is 5.88 Å². The molecule has 0 aliphatic rings. The molecule has 0 aliphatic carbocycles. The summed E-state index contributed by atoms with van der Waals surface area (Å²) >= 11 is 5.90. The van der Waals surface area contributed by atoms with Crippen LogP contribution in [0, 0.1) is 6.92 Å². The van der Waals surface area contributed by atoms with Crippen molar-refractivity contribution >= 4 is 22.6 Å². The van der Waals surface area contributed by atoms with Crippen molar-refractivity contribution in [2.45, 2.75) is 26.3 Å². The van der Waals surface area contributed by atoms with Crippen molar-refractivity contribution in [2.24, 2.45) is 0 Å². The number of hydrogen-bond donors (Lipinski definition) is 0. The number of benzene rings is 1. The third kappa shape index (κ3) is 2.20. The molecule has 0 fully saturated rings. The lowest BCUT2D eigenvalue weighted by Crippen LogP contribution is -2.11. The summed E-state index contributed by atoms with van der Waals surface area (Å²) in [6, 6.07) is 8.07. The van der Waals surface area contributed by atoms with Crippen molar-refractivity contribution in [1.29, 1.82) is 0 Å². The molecule has 0 aliphatic heterocycles. The average molecular weight is 290 g/mol. The van der Waals surface area contributed by atoms with Crippen molar-refractivity contribution in [1.82, 2.24) is 14.5 Å². The predicted octanol–water partition coefficient (Wildman–Crippen LogP) is 3.72. The summed E-state index contributed by atoms with van der Waals surface area (Å²) in [5.74, 6) is 3.02. The number of aryl methyl sites for hydroxylation is 2. The summed E-state index contributed by atoms with van der Waals surface area (Å²) in [6.07, 6.45) is 2.46. The fourth-order valence-electron chi connectivity index (χ4n) is 2.46. The lowest BCUT2D eigenvalue weighted by molar-refractivity contribution is 0.414. The van der Waals surface area contributed by atoms with Crippen LogP contribution in [0.5, 0.6) is 0 Å². The van der Waals surface area contributed by atoms with E-state index in [9.17, 15) is 0 Å². The molecule has 0 radical (unpaired) electrons. The van der Waals surface area contributed by atoms with Gasteiger partial charge in [-0.2, -0.15) is 0 Å². The van der Waals surface area contributed by atoms with Crippen LogP contribution in [-0.4, -0.2) is 20.4 Å². The van der Waals surface area contributed by atoms with Gasteiger partial charge in [0, 0.05) is 12.3 Å². The fraction of sp³-hybridized carbons (Fsp3) is 0.333. The van der Waals surface area contributed by atoms with E-state index < -0.39 is 0 Å². The van der Waals surface area contributed by atoms with Crippen molar-refractivity contribution in [3.8, 4) is 0 Å². The van der Waals surface area contributed by atoms with E-state index in [-0.39, 0.29) is 6.04 Å². The molecule has 104 valence electrons. The first-order chi connectivity index (χ1) is 9.70. The fourth-order valence-corrected chi connectivity index (χ4v) is 2.63. The third-order valence-electron chi connectivity index (χ3n) is 3.37. The van der Waals surface area contributed by atoms with Gasteiger partial charge < -0.3 is 8.98 Å². The first-order valence-electron chi connectivity index (χ1n) is 6.65. The molecule has 4 nitrogen and oxygen atoms in total. The van der Waals surface area contributed by atoms with Crippen molar-refractivity contribution in [3.05, 3.63) is 47.9 Å². The van der Waals surface area contributed by atoms with Crippen LogP contribution in [0.1, 0.15) is 30.4 Å². The van der Waals surface area contributed by atoms with Crippen LogP contribution in [0.2, 0.25) is 0 Å². The second-order valence-electron chi connectivity index (χ2n) is 4.81. The Kier molecular flexibility index (Phi) is 3.49. The van der Waals surface area contributed by atoms with Crippen LogP contribution >= 0.6 is 11.6 Å². The van der Waals surface area contributed by atoms with Crippen LogP contribution in [0.15, 0.2) is 34.9 Å².